The summed E-state index contributed by atoms with van der Waals surface area (Å²) in [6.07, 6.45) is 0.738. The van der Waals surface area contributed by atoms with Gasteiger partial charge in [-0.25, -0.2) is 0 Å². The van der Waals surface area contributed by atoms with Crippen LogP contribution in [0.15, 0.2) is 30.0 Å². The molecule has 1 saturated heterocycles. The Kier molecular flexibility index (Phi) is 7.96. The molecule has 0 radical (unpaired) electrons. The summed E-state index contributed by atoms with van der Waals surface area (Å²) in [5, 5.41) is 0. The molecular weight excluding hydrogens is 408 g/mol. The van der Waals surface area contributed by atoms with Crippen LogP contribution >= 0.6 is 0 Å². The quantitative estimate of drug-likeness (QED) is 0.429. The van der Waals surface area contributed by atoms with Gasteiger partial charge in [0.1, 0.15) is 11.4 Å². The zero-order chi connectivity index (χ0) is 23.4. The third kappa shape index (κ3) is 5.70. The maximum Gasteiger partial charge on any atom is 0.277 e. The normalized spacial score (nSPS) is 22.0. The number of amides is 2. The summed E-state index contributed by atoms with van der Waals surface area (Å²) in [5.41, 5.74) is 1.65. The van der Waals surface area contributed by atoms with E-state index in [0.29, 0.717) is 43.9 Å². The summed E-state index contributed by atoms with van der Waals surface area (Å²) in [6.45, 7) is 13.8. The van der Waals surface area contributed by atoms with Crippen LogP contribution in [0.5, 0.6) is 5.75 Å². The highest BCUT2D eigenvalue weighted by atomic mass is 16.5. The SMILES string of the molecule is CC(C)OCCCN1C(=O)C(c2ccc(OC(C)C)cc2)=C(N2CC(C)OC(C)C2)C1=O. The molecule has 0 bridgehead atoms. The van der Waals surface area contributed by atoms with Gasteiger partial charge >= 0.3 is 0 Å². The van der Waals surface area contributed by atoms with E-state index < -0.39 is 0 Å². The van der Waals surface area contributed by atoms with Crippen molar-refractivity contribution in [3.05, 3.63) is 35.5 Å². The molecule has 0 N–H and O–H groups in total. The Bertz CT molecular complexity index is 836. The van der Waals surface area contributed by atoms with E-state index in [2.05, 4.69) is 0 Å². The molecule has 32 heavy (non-hydrogen) atoms. The molecule has 2 amide bonds. The summed E-state index contributed by atoms with van der Waals surface area (Å²) in [4.78, 5) is 30.3. The Labute approximate surface area is 191 Å². The van der Waals surface area contributed by atoms with Gasteiger partial charge in [0.2, 0.25) is 0 Å². The molecule has 2 aliphatic heterocycles. The zero-order valence-electron chi connectivity index (χ0n) is 20.1. The standard InChI is InChI=1S/C25H36N2O5/c1-16(2)30-13-7-12-27-24(28)22(20-8-10-21(11-9-20)31-17(3)4)23(25(27)29)26-14-18(5)32-19(6)15-26/h8-11,16-19H,7,12-15H2,1-6H3. The van der Waals surface area contributed by atoms with E-state index in [1.54, 1.807) is 0 Å². The number of rotatable bonds is 9. The molecule has 2 unspecified atom stereocenters. The lowest BCUT2D eigenvalue weighted by Crippen LogP contribution is -2.47. The van der Waals surface area contributed by atoms with Crippen LogP contribution in [0.1, 0.15) is 53.5 Å². The van der Waals surface area contributed by atoms with Gasteiger partial charge in [-0.1, -0.05) is 12.1 Å². The molecule has 2 aliphatic rings. The fourth-order valence-electron chi connectivity index (χ4n) is 4.19. The highest BCUT2D eigenvalue weighted by Gasteiger charge is 2.42. The van der Waals surface area contributed by atoms with Crippen molar-refractivity contribution in [3.63, 3.8) is 0 Å². The third-order valence-electron chi connectivity index (χ3n) is 5.37. The molecule has 7 nitrogen and oxygen atoms in total. The van der Waals surface area contributed by atoms with E-state index in [1.165, 1.54) is 4.90 Å². The molecule has 2 atom stereocenters. The molecule has 7 heteroatoms. The lowest BCUT2D eigenvalue weighted by Gasteiger charge is -2.37. The van der Waals surface area contributed by atoms with Crippen molar-refractivity contribution in [1.29, 1.82) is 0 Å². The first kappa shape index (κ1) is 24.3. The molecule has 1 aromatic carbocycles. The second-order valence-corrected chi connectivity index (χ2v) is 9.11. The molecule has 0 spiro atoms. The van der Waals surface area contributed by atoms with Crippen LogP contribution < -0.4 is 4.74 Å². The van der Waals surface area contributed by atoms with E-state index in [-0.39, 0.29) is 36.2 Å². The summed E-state index contributed by atoms with van der Waals surface area (Å²) in [7, 11) is 0. The van der Waals surface area contributed by atoms with Crippen molar-refractivity contribution in [2.24, 2.45) is 0 Å². The molecule has 1 aromatic rings. The van der Waals surface area contributed by atoms with E-state index in [4.69, 9.17) is 14.2 Å². The maximum atomic E-state index is 13.5. The van der Waals surface area contributed by atoms with Gasteiger partial charge in [-0.15, -0.1) is 0 Å². The first-order valence-electron chi connectivity index (χ1n) is 11.6. The molecule has 3 rings (SSSR count). The zero-order valence-corrected chi connectivity index (χ0v) is 20.1. The Morgan fingerprint density at radius 3 is 2.16 bits per heavy atom. The number of benzene rings is 1. The fourth-order valence-corrected chi connectivity index (χ4v) is 4.19. The average Bonchev–Trinajstić information content (AvgIpc) is 2.95. The van der Waals surface area contributed by atoms with Crippen LogP contribution in [0.3, 0.4) is 0 Å². The van der Waals surface area contributed by atoms with Gasteiger partial charge in [-0.05, 0) is 65.7 Å². The smallest absolute Gasteiger partial charge is 0.277 e. The van der Waals surface area contributed by atoms with Gasteiger partial charge in [0.15, 0.2) is 0 Å². The Morgan fingerprint density at radius 1 is 0.969 bits per heavy atom. The summed E-state index contributed by atoms with van der Waals surface area (Å²) < 4.78 is 17.2. The number of carbonyl (C=O) groups is 2. The molecule has 0 aliphatic carbocycles. The minimum atomic E-state index is -0.251. The maximum absolute atomic E-state index is 13.5. The molecular formula is C25H36N2O5. The van der Waals surface area contributed by atoms with Gasteiger partial charge in [0.05, 0.1) is 30.0 Å². The van der Waals surface area contributed by atoms with E-state index in [1.807, 2.05) is 70.7 Å². The lowest BCUT2D eigenvalue weighted by molar-refractivity contribution is -0.138. The molecule has 0 saturated carbocycles. The summed E-state index contributed by atoms with van der Waals surface area (Å²) in [6, 6.07) is 7.41. The molecule has 2 heterocycles. The van der Waals surface area contributed by atoms with Crippen molar-refractivity contribution >= 4 is 17.4 Å². The van der Waals surface area contributed by atoms with Crippen LogP contribution in [0.4, 0.5) is 0 Å². The van der Waals surface area contributed by atoms with Crippen LogP contribution in [0.25, 0.3) is 5.57 Å². The second-order valence-electron chi connectivity index (χ2n) is 9.11. The van der Waals surface area contributed by atoms with Gasteiger partial charge < -0.3 is 19.1 Å². The van der Waals surface area contributed by atoms with Crippen molar-refractivity contribution in [1.82, 2.24) is 9.80 Å². The monoisotopic (exact) mass is 444 g/mol. The summed E-state index contributed by atoms with van der Waals surface area (Å²) >= 11 is 0. The number of hydrogen-bond acceptors (Lipinski definition) is 6. The Hall–Kier alpha value is -2.38. The number of hydrogen-bond donors (Lipinski definition) is 0. The Balaban J connectivity index is 1.90. The molecule has 1 fully saturated rings. The van der Waals surface area contributed by atoms with Crippen molar-refractivity contribution < 1.29 is 23.8 Å². The third-order valence-corrected chi connectivity index (χ3v) is 5.37. The van der Waals surface area contributed by atoms with Crippen molar-refractivity contribution in [2.75, 3.05) is 26.2 Å². The van der Waals surface area contributed by atoms with Crippen molar-refractivity contribution in [3.8, 4) is 5.75 Å². The van der Waals surface area contributed by atoms with Gasteiger partial charge in [-0.2, -0.15) is 0 Å². The van der Waals surface area contributed by atoms with E-state index >= 15 is 0 Å². The minimum absolute atomic E-state index is 0.0225. The molecule has 0 aromatic heterocycles. The predicted molar refractivity (Wildman–Crippen MR) is 123 cm³/mol. The van der Waals surface area contributed by atoms with Gasteiger partial charge in [-0.3, -0.25) is 14.5 Å². The van der Waals surface area contributed by atoms with Crippen LogP contribution in [0, 0.1) is 0 Å². The highest BCUT2D eigenvalue weighted by molar-refractivity contribution is 6.35. The number of nitrogens with zero attached hydrogens (tertiary/aromatic N) is 2. The first-order valence-corrected chi connectivity index (χ1v) is 11.6. The topological polar surface area (TPSA) is 68.3 Å². The number of imide groups is 1. The van der Waals surface area contributed by atoms with Crippen LogP contribution in [-0.4, -0.2) is 72.3 Å². The van der Waals surface area contributed by atoms with E-state index in [9.17, 15) is 9.59 Å². The van der Waals surface area contributed by atoms with E-state index in [0.717, 1.165) is 11.3 Å². The fraction of sp³-hybridized carbons (Fsp3) is 0.600. The number of carbonyl (C=O) groups excluding carboxylic acids is 2. The predicted octanol–water partition coefficient (Wildman–Crippen LogP) is 3.48. The minimum Gasteiger partial charge on any atom is -0.491 e. The van der Waals surface area contributed by atoms with Gasteiger partial charge in [0, 0.05) is 26.2 Å². The second kappa shape index (κ2) is 10.5. The van der Waals surface area contributed by atoms with Gasteiger partial charge in [0.25, 0.3) is 11.8 Å². The Morgan fingerprint density at radius 2 is 1.59 bits per heavy atom. The highest BCUT2D eigenvalue weighted by Crippen LogP contribution is 2.34. The summed E-state index contributed by atoms with van der Waals surface area (Å²) in [5.74, 6) is 0.246. The number of morpholine rings is 1. The van der Waals surface area contributed by atoms with Crippen LogP contribution in [0.2, 0.25) is 0 Å². The van der Waals surface area contributed by atoms with Crippen LogP contribution in [-0.2, 0) is 19.1 Å². The first-order chi connectivity index (χ1) is 15.2. The number of ether oxygens (including phenoxy) is 3. The largest absolute Gasteiger partial charge is 0.491 e. The van der Waals surface area contributed by atoms with Crippen molar-refractivity contribution in [2.45, 2.75) is 72.4 Å². The molecule has 176 valence electrons. The average molecular weight is 445 g/mol. The lowest BCUT2D eigenvalue weighted by atomic mass is 10.0.